The molecule has 0 radical (unpaired) electrons. The van der Waals surface area contributed by atoms with Crippen molar-refractivity contribution in [3.05, 3.63) is 0 Å². The van der Waals surface area contributed by atoms with Crippen molar-refractivity contribution in [3.8, 4) is 0 Å². The lowest BCUT2D eigenvalue weighted by atomic mass is 10.4. The number of nitrogens with zero attached hydrogens (tertiary/aromatic N) is 1. The third-order valence-electron chi connectivity index (χ3n) is 1.15. The molecule has 1 amide bonds. The van der Waals surface area contributed by atoms with Gasteiger partial charge in [0.1, 0.15) is 0 Å². The van der Waals surface area contributed by atoms with Crippen LogP contribution in [-0.4, -0.2) is 27.5 Å². The molecule has 0 aliphatic carbocycles. The molecule has 1 rings (SSSR count). The van der Waals surface area contributed by atoms with Crippen molar-refractivity contribution in [3.63, 3.8) is 0 Å². The van der Waals surface area contributed by atoms with Crippen LogP contribution in [0.1, 0.15) is 12.8 Å². The minimum Gasteiger partial charge on any atom is -0.371 e. The van der Waals surface area contributed by atoms with E-state index in [9.17, 15) is 4.79 Å². The summed E-state index contributed by atoms with van der Waals surface area (Å²) in [5.41, 5.74) is 0. The molecule has 0 spiro atoms. The van der Waals surface area contributed by atoms with Crippen LogP contribution in [0.3, 0.4) is 0 Å². The maximum absolute atomic E-state index is 10.3. The van der Waals surface area contributed by atoms with Crippen molar-refractivity contribution < 1.29 is 15.1 Å². The zero-order valence-electron chi connectivity index (χ0n) is 4.24. The summed E-state index contributed by atoms with van der Waals surface area (Å²) < 4.78 is 0. The molecular weight excluding hydrogens is 110 g/mol. The van der Waals surface area contributed by atoms with Gasteiger partial charge >= 0.3 is 0 Å². The monoisotopic (exact) mass is 117 g/mol. The number of aliphatic hydroxyl groups is 1. The largest absolute Gasteiger partial charge is 0.371 e. The Bertz CT molecular complexity index is 114. The van der Waals surface area contributed by atoms with Gasteiger partial charge in [0, 0.05) is 12.8 Å². The topological polar surface area (TPSA) is 60.8 Å². The van der Waals surface area contributed by atoms with Gasteiger partial charge in [-0.25, -0.2) is 0 Å². The molecule has 0 aromatic heterocycles. The van der Waals surface area contributed by atoms with Gasteiger partial charge in [-0.2, -0.15) is 5.06 Å². The highest BCUT2D eigenvalue weighted by Crippen LogP contribution is 2.12. The van der Waals surface area contributed by atoms with Crippen molar-refractivity contribution in [1.82, 2.24) is 5.06 Å². The summed E-state index contributed by atoms with van der Waals surface area (Å²) in [7, 11) is 0. The summed E-state index contributed by atoms with van der Waals surface area (Å²) in [6.45, 7) is 0. The zero-order chi connectivity index (χ0) is 6.15. The molecule has 1 atom stereocenters. The van der Waals surface area contributed by atoms with E-state index in [2.05, 4.69) is 0 Å². The van der Waals surface area contributed by atoms with Crippen LogP contribution in [0.15, 0.2) is 0 Å². The molecule has 0 aromatic rings. The van der Waals surface area contributed by atoms with Gasteiger partial charge in [-0.3, -0.25) is 10.0 Å². The van der Waals surface area contributed by atoms with Crippen molar-refractivity contribution in [2.45, 2.75) is 19.1 Å². The highest BCUT2D eigenvalue weighted by molar-refractivity contribution is 5.76. The lowest BCUT2D eigenvalue weighted by Crippen LogP contribution is -2.28. The number of hydrogen-bond acceptors (Lipinski definition) is 3. The molecule has 1 saturated heterocycles. The van der Waals surface area contributed by atoms with E-state index in [1.165, 1.54) is 0 Å². The second kappa shape index (κ2) is 1.72. The van der Waals surface area contributed by atoms with Crippen LogP contribution in [0, 0.1) is 0 Å². The molecule has 1 aliphatic rings. The Labute approximate surface area is 46.3 Å². The Kier molecular flexibility index (Phi) is 1.19. The molecule has 8 heavy (non-hydrogen) atoms. The van der Waals surface area contributed by atoms with Crippen molar-refractivity contribution >= 4 is 5.91 Å². The van der Waals surface area contributed by atoms with E-state index < -0.39 is 12.1 Å². The summed E-state index contributed by atoms with van der Waals surface area (Å²) in [5, 5.41) is 17.5. The molecule has 46 valence electrons. The molecule has 4 nitrogen and oxygen atoms in total. The zero-order valence-corrected chi connectivity index (χ0v) is 4.24. The van der Waals surface area contributed by atoms with E-state index in [-0.39, 0.29) is 6.42 Å². The summed E-state index contributed by atoms with van der Waals surface area (Å²) in [6, 6.07) is 0. The average molecular weight is 117 g/mol. The van der Waals surface area contributed by atoms with E-state index >= 15 is 0 Å². The van der Waals surface area contributed by atoms with Crippen molar-refractivity contribution in [2.24, 2.45) is 0 Å². The maximum Gasteiger partial charge on any atom is 0.248 e. The smallest absolute Gasteiger partial charge is 0.248 e. The van der Waals surface area contributed by atoms with Crippen molar-refractivity contribution in [2.75, 3.05) is 0 Å². The lowest BCUT2D eigenvalue weighted by Gasteiger charge is -2.09. The van der Waals surface area contributed by atoms with Gasteiger partial charge in [-0.1, -0.05) is 0 Å². The van der Waals surface area contributed by atoms with Crippen LogP contribution >= 0.6 is 0 Å². The fraction of sp³-hybridized carbons (Fsp3) is 0.750. The minimum absolute atomic E-state index is 0.248. The number of carbonyl (C=O) groups excluding carboxylic acids is 1. The molecule has 0 aromatic carbocycles. The molecule has 1 unspecified atom stereocenters. The van der Waals surface area contributed by atoms with Crippen LogP contribution < -0.4 is 0 Å². The maximum atomic E-state index is 10.3. The highest BCUT2D eigenvalue weighted by atomic mass is 16.5. The van der Waals surface area contributed by atoms with Gasteiger partial charge in [0.15, 0.2) is 6.23 Å². The Balaban J connectivity index is 2.56. The molecule has 0 saturated carbocycles. The molecular formula is C4H7NO3. The number of aliphatic hydroxyl groups excluding tert-OH is 1. The fourth-order valence-corrected chi connectivity index (χ4v) is 0.656. The van der Waals surface area contributed by atoms with E-state index in [0.29, 0.717) is 11.5 Å². The first-order valence-corrected chi connectivity index (χ1v) is 2.41. The SMILES string of the molecule is O=C1CCC(O)N1O. The number of rotatable bonds is 0. The summed E-state index contributed by atoms with van der Waals surface area (Å²) in [6.07, 6.45) is -0.380. The Morgan fingerprint density at radius 2 is 2.38 bits per heavy atom. The predicted octanol–water partition coefficient (Wildman–Crippen LogP) is -0.684. The number of hydroxylamine groups is 2. The van der Waals surface area contributed by atoms with E-state index in [4.69, 9.17) is 10.3 Å². The minimum atomic E-state index is -0.970. The Morgan fingerprint density at radius 3 is 2.50 bits per heavy atom. The first-order valence-electron chi connectivity index (χ1n) is 2.41. The first kappa shape index (κ1) is 5.53. The third-order valence-corrected chi connectivity index (χ3v) is 1.15. The lowest BCUT2D eigenvalue weighted by molar-refractivity contribution is -0.189. The van der Waals surface area contributed by atoms with E-state index in [0.717, 1.165) is 0 Å². The Morgan fingerprint density at radius 1 is 1.75 bits per heavy atom. The molecule has 1 fully saturated rings. The van der Waals surface area contributed by atoms with Crippen LogP contribution in [0.2, 0.25) is 0 Å². The van der Waals surface area contributed by atoms with Gasteiger partial charge in [-0.15, -0.1) is 0 Å². The van der Waals surface area contributed by atoms with Gasteiger partial charge in [0.25, 0.3) is 0 Å². The van der Waals surface area contributed by atoms with Crippen molar-refractivity contribution in [1.29, 1.82) is 0 Å². The molecule has 4 heteroatoms. The number of amides is 1. The molecule has 1 aliphatic heterocycles. The predicted molar refractivity (Wildman–Crippen MR) is 23.9 cm³/mol. The second-order valence-corrected chi connectivity index (χ2v) is 1.76. The average Bonchev–Trinajstić information content (AvgIpc) is 1.98. The van der Waals surface area contributed by atoms with Crippen LogP contribution in [-0.2, 0) is 4.79 Å². The van der Waals surface area contributed by atoms with Crippen LogP contribution in [0.5, 0.6) is 0 Å². The summed E-state index contributed by atoms with van der Waals surface area (Å²) in [5.74, 6) is -0.405. The highest BCUT2D eigenvalue weighted by Gasteiger charge is 2.27. The van der Waals surface area contributed by atoms with Gasteiger partial charge in [-0.05, 0) is 0 Å². The van der Waals surface area contributed by atoms with Gasteiger partial charge in [0.2, 0.25) is 5.91 Å². The number of hydrogen-bond donors (Lipinski definition) is 2. The second-order valence-electron chi connectivity index (χ2n) is 1.76. The summed E-state index contributed by atoms with van der Waals surface area (Å²) >= 11 is 0. The quantitative estimate of drug-likeness (QED) is 0.413. The molecule has 1 heterocycles. The van der Waals surface area contributed by atoms with E-state index in [1.54, 1.807) is 0 Å². The fourth-order valence-electron chi connectivity index (χ4n) is 0.656. The normalized spacial score (nSPS) is 29.5. The molecule has 0 bridgehead atoms. The van der Waals surface area contributed by atoms with Crippen LogP contribution in [0.4, 0.5) is 0 Å². The third kappa shape index (κ3) is 0.677. The van der Waals surface area contributed by atoms with E-state index in [1.807, 2.05) is 0 Å². The van der Waals surface area contributed by atoms with Crippen LogP contribution in [0.25, 0.3) is 0 Å². The van der Waals surface area contributed by atoms with Gasteiger partial charge < -0.3 is 5.11 Å². The van der Waals surface area contributed by atoms with Gasteiger partial charge in [0.05, 0.1) is 0 Å². The first-order chi connectivity index (χ1) is 3.72. The molecule has 2 N–H and O–H groups in total. The summed E-state index contributed by atoms with van der Waals surface area (Å²) in [4.78, 5) is 10.3. The Hall–Kier alpha value is -0.610. The standard InChI is InChI=1S/C4H7NO3/c6-3-1-2-4(7)5(3)8/h3,6,8H,1-2H2. The number of carbonyl (C=O) groups is 1.